The lowest BCUT2D eigenvalue weighted by Crippen LogP contribution is -2.22. The second kappa shape index (κ2) is 12.3. The van der Waals surface area contributed by atoms with E-state index in [1.54, 1.807) is 42.5 Å². The predicted octanol–water partition coefficient (Wildman–Crippen LogP) is 5.73. The average molecular weight is 535 g/mol. The number of hydrogen-bond acceptors (Lipinski definition) is 8. The summed E-state index contributed by atoms with van der Waals surface area (Å²) in [5.41, 5.74) is 7.88. The van der Waals surface area contributed by atoms with E-state index >= 15 is 0 Å². The molecule has 196 valence electrons. The molecule has 0 saturated heterocycles. The van der Waals surface area contributed by atoms with Crippen molar-refractivity contribution >= 4 is 17.6 Å². The van der Waals surface area contributed by atoms with Crippen LogP contribution in [-0.2, 0) is 4.79 Å². The molecule has 9 heteroatoms. The van der Waals surface area contributed by atoms with Crippen molar-refractivity contribution in [2.45, 2.75) is 26.2 Å². The first-order chi connectivity index (χ1) is 18.4. The van der Waals surface area contributed by atoms with Crippen molar-refractivity contribution in [2.75, 3.05) is 19.8 Å². The zero-order valence-electron chi connectivity index (χ0n) is 21.0. The molecule has 1 aliphatic rings. The molecule has 8 nitrogen and oxygen atoms in total. The lowest BCUT2D eigenvalue weighted by molar-refractivity contribution is -0.136. The van der Waals surface area contributed by atoms with Crippen molar-refractivity contribution in [1.29, 1.82) is 5.26 Å². The first-order valence-electron chi connectivity index (χ1n) is 12.1. The Hall–Kier alpha value is -4.35. The number of halogens is 1. The molecule has 3 aromatic rings. The Morgan fingerprint density at radius 1 is 1.00 bits per heavy atom. The fourth-order valence-electron chi connectivity index (χ4n) is 3.98. The van der Waals surface area contributed by atoms with E-state index in [-0.39, 0.29) is 23.8 Å². The second-order valence-electron chi connectivity index (χ2n) is 8.33. The summed E-state index contributed by atoms with van der Waals surface area (Å²) in [4.78, 5) is 12.4. The third-order valence-corrected chi connectivity index (χ3v) is 5.91. The molecule has 3 aromatic carbocycles. The minimum absolute atomic E-state index is 0.0242. The molecule has 0 radical (unpaired) electrons. The SMILES string of the molecule is CCCOc1ccc(C2C(C#N)=C(N)Oc3cc(OC(=O)COc4ccc(Cl)cc4)ccc32)cc1OCC. The van der Waals surface area contributed by atoms with Crippen LogP contribution in [0.15, 0.2) is 72.1 Å². The first kappa shape index (κ1) is 26.7. The van der Waals surface area contributed by atoms with Crippen LogP contribution in [-0.4, -0.2) is 25.8 Å². The third-order valence-electron chi connectivity index (χ3n) is 5.66. The smallest absolute Gasteiger partial charge is 0.349 e. The number of fused-ring (bicyclic) bond motifs is 1. The van der Waals surface area contributed by atoms with Gasteiger partial charge in [0.2, 0.25) is 5.88 Å². The van der Waals surface area contributed by atoms with Crippen LogP contribution in [0.5, 0.6) is 28.7 Å². The van der Waals surface area contributed by atoms with Crippen LogP contribution in [0.1, 0.15) is 37.3 Å². The summed E-state index contributed by atoms with van der Waals surface area (Å²) in [7, 11) is 0. The molecule has 0 aliphatic carbocycles. The lowest BCUT2D eigenvalue weighted by Gasteiger charge is -2.27. The van der Waals surface area contributed by atoms with Gasteiger partial charge in [0.15, 0.2) is 18.1 Å². The fraction of sp³-hybridized carbons (Fsp3) is 0.241. The van der Waals surface area contributed by atoms with Gasteiger partial charge in [-0.3, -0.25) is 0 Å². The van der Waals surface area contributed by atoms with Crippen molar-refractivity contribution in [3.63, 3.8) is 0 Å². The molecule has 1 atom stereocenters. The highest BCUT2D eigenvalue weighted by molar-refractivity contribution is 6.30. The normalized spacial score (nSPS) is 14.1. The first-order valence-corrected chi connectivity index (χ1v) is 12.5. The molecule has 0 spiro atoms. The summed E-state index contributed by atoms with van der Waals surface area (Å²) in [5, 5.41) is 10.5. The van der Waals surface area contributed by atoms with E-state index in [1.165, 1.54) is 0 Å². The molecule has 0 aromatic heterocycles. The minimum atomic E-state index is -0.600. The van der Waals surface area contributed by atoms with Gasteiger partial charge < -0.3 is 29.4 Å². The number of hydrogen-bond donors (Lipinski definition) is 1. The number of benzene rings is 3. The van der Waals surface area contributed by atoms with E-state index in [9.17, 15) is 10.1 Å². The Kier molecular flexibility index (Phi) is 8.62. The average Bonchev–Trinajstić information content (AvgIpc) is 2.91. The van der Waals surface area contributed by atoms with Gasteiger partial charge in [0.25, 0.3) is 0 Å². The van der Waals surface area contributed by atoms with Crippen molar-refractivity contribution < 1.29 is 28.5 Å². The van der Waals surface area contributed by atoms with Gasteiger partial charge in [-0.05, 0) is 61.4 Å². The number of ether oxygens (including phenoxy) is 5. The van der Waals surface area contributed by atoms with Gasteiger partial charge in [0.05, 0.1) is 19.1 Å². The Morgan fingerprint density at radius 3 is 2.47 bits per heavy atom. The Balaban J connectivity index is 1.58. The number of carbonyl (C=O) groups excluding carboxylic acids is 1. The van der Waals surface area contributed by atoms with Gasteiger partial charge in [-0.2, -0.15) is 5.26 Å². The molecule has 0 fully saturated rings. The topological polar surface area (TPSA) is 113 Å². The molecular weight excluding hydrogens is 508 g/mol. The third kappa shape index (κ3) is 6.13. The number of nitrogens with two attached hydrogens (primary N) is 1. The highest BCUT2D eigenvalue weighted by Crippen LogP contribution is 2.45. The Morgan fingerprint density at radius 2 is 1.76 bits per heavy atom. The monoisotopic (exact) mass is 534 g/mol. The fourth-order valence-corrected chi connectivity index (χ4v) is 4.11. The summed E-state index contributed by atoms with van der Waals surface area (Å²) in [6.07, 6.45) is 0.860. The Bertz CT molecular complexity index is 1380. The van der Waals surface area contributed by atoms with Crippen LogP contribution in [0.2, 0.25) is 5.02 Å². The summed E-state index contributed by atoms with van der Waals surface area (Å²) in [5.74, 6) is 1.18. The molecule has 4 rings (SSSR count). The zero-order valence-corrected chi connectivity index (χ0v) is 21.8. The van der Waals surface area contributed by atoms with Gasteiger partial charge in [0, 0.05) is 16.7 Å². The zero-order chi connectivity index (χ0) is 27.1. The van der Waals surface area contributed by atoms with Crippen LogP contribution in [0.4, 0.5) is 0 Å². The van der Waals surface area contributed by atoms with Gasteiger partial charge in [-0.15, -0.1) is 0 Å². The van der Waals surface area contributed by atoms with Crippen molar-refractivity contribution in [1.82, 2.24) is 0 Å². The molecule has 38 heavy (non-hydrogen) atoms. The summed E-state index contributed by atoms with van der Waals surface area (Å²) in [6.45, 7) is 4.63. The molecule has 2 N–H and O–H groups in total. The predicted molar refractivity (Wildman–Crippen MR) is 142 cm³/mol. The van der Waals surface area contributed by atoms with Gasteiger partial charge >= 0.3 is 5.97 Å². The van der Waals surface area contributed by atoms with E-state index in [1.807, 2.05) is 32.0 Å². The maximum Gasteiger partial charge on any atom is 0.349 e. The molecule has 1 unspecified atom stereocenters. The quantitative estimate of drug-likeness (QED) is 0.259. The summed E-state index contributed by atoms with van der Waals surface area (Å²) >= 11 is 5.86. The van der Waals surface area contributed by atoms with Crippen molar-refractivity contribution in [3.8, 4) is 34.8 Å². The summed E-state index contributed by atoms with van der Waals surface area (Å²) < 4.78 is 28.2. The summed E-state index contributed by atoms with van der Waals surface area (Å²) in [6, 6.07) is 19.3. The molecule has 1 aliphatic heterocycles. The van der Waals surface area contributed by atoms with Crippen LogP contribution in [0.25, 0.3) is 0 Å². The van der Waals surface area contributed by atoms with Crippen LogP contribution < -0.4 is 29.4 Å². The largest absolute Gasteiger partial charge is 0.490 e. The number of allylic oxidation sites excluding steroid dienone is 1. The van der Waals surface area contributed by atoms with E-state index in [4.69, 9.17) is 41.0 Å². The molecule has 0 bridgehead atoms. The van der Waals surface area contributed by atoms with Gasteiger partial charge in [0.1, 0.15) is 28.9 Å². The van der Waals surface area contributed by atoms with E-state index in [2.05, 4.69) is 6.07 Å². The number of rotatable bonds is 10. The number of nitrogens with zero attached hydrogens (tertiary/aromatic N) is 1. The maximum absolute atomic E-state index is 12.4. The maximum atomic E-state index is 12.4. The number of esters is 1. The molecule has 0 amide bonds. The molecule has 1 heterocycles. The second-order valence-corrected chi connectivity index (χ2v) is 8.77. The Labute approximate surface area is 226 Å². The number of nitriles is 1. The highest BCUT2D eigenvalue weighted by atomic mass is 35.5. The van der Waals surface area contributed by atoms with Crippen LogP contribution >= 0.6 is 11.6 Å². The lowest BCUT2D eigenvalue weighted by atomic mass is 9.83. The van der Waals surface area contributed by atoms with Crippen molar-refractivity contribution in [2.24, 2.45) is 5.73 Å². The number of carbonyl (C=O) groups is 1. The van der Waals surface area contributed by atoms with Gasteiger partial charge in [-0.25, -0.2) is 4.79 Å². The highest BCUT2D eigenvalue weighted by Gasteiger charge is 2.32. The van der Waals surface area contributed by atoms with Gasteiger partial charge in [-0.1, -0.05) is 30.7 Å². The standard InChI is InChI=1S/C29H27ClN2O6/c1-3-13-35-24-12-5-18(14-26(24)34-4-2)28-22-11-10-21(15-25(22)38-29(32)23(28)16-31)37-27(33)17-36-20-8-6-19(30)7-9-20/h5-12,14-15,28H,3-4,13,17,32H2,1-2H3. The van der Waals surface area contributed by atoms with E-state index in [0.717, 1.165) is 12.0 Å². The van der Waals surface area contributed by atoms with Crippen LogP contribution in [0, 0.1) is 11.3 Å². The molecular formula is C29H27ClN2O6. The van der Waals surface area contributed by atoms with E-state index < -0.39 is 11.9 Å². The van der Waals surface area contributed by atoms with E-state index in [0.29, 0.717) is 46.8 Å². The minimum Gasteiger partial charge on any atom is -0.490 e. The van der Waals surface area contributed by atoms with Crippen LogP contribution in [0.3, 0.4) is 0 Å². The molecule has 0 saturated carbocycles. The van der Waals surface area contributed by atoms with Crippen molar-refractivity contribution in [3.05, 3.63) is 88.3 Å².